The van der Waals surface area contributed by atoms with Crippen LogP contribution in [-0.4, -0.2) is 38.2 Å². The van der Waals surface area contributed by atoms with Gasteiger partial charge in [-0.2, -0.15) is 5.10 Å². The highest BCUT2D eigenvalue weighted by molar-refractivity contribution is 6.03. The Morgan fingerprint density at radius 1 is 1.12 bits per heavy atom. The van der Waals surface area contributed by atoms with Crippen LogP contribution in [-0.2, 0) is 24.2 Å². The van der Waals surface area contributed by atoms with Crippen molar-refractivity contribution >= 4 is 17.4 Å². The third-order valence-corrected chi connectivity index (χ3v) is 5.91. The van der Waals surface area contributed by atoms with Crippen molar-refractivity contribution in [2.24, 2.45) is 0 Å². The molecule has 0 unspecified atom stereocenters. The van der Waals surface area contributed by atoms with Crippen molar-refractivity contribution in [1.29, 1.82) is 0 Å². The lowest BCUT2D eigenvalue weighted by atomic mass is 10.1. The predicted molar refractivity (Wildman–Crippen MR) is 111 cm³/mol. The highest BCUT2D eigenvalue weighted by Gasteiger charge is 2.38. The minimum absolute atomic E-state index is 0.00258. The molecule has 1 amide bonds. The van der Waals surface area contributed by atoms with Crippen LogP contribution in [0.5, 0.6) is 0 Å². The van der Waals surface area contributed by atoms with Crippen LogP contribution in [0.1, 0.15) is 35.5 Å². The molecule has 3 aromatic rings. The molecule has 0 spiro atoms. The molecule has 10 heteroatoms. The van der Waals surface area contributed by atoms with Crippen molar-refractivity contribution in [3.63, 3.8) is 0 Å². The monoisotopic (exact) mass is 442 g/mol. The SMILES string of the molecule is Cc1nc(CCc2cnn(Cc3cc(F)c(F)c(F)c3)c2)nc2c1NC(=O)[C@@H]1CCCN21. The Morgan fingerprint density at radius 2 is 1.91 bits per heavy atom. The molecule has 32 heavy (non-hydrogen) atoms. The molecule has 0 radical (unpaired) electrons. The molecule has 1 fully saturated rings. The van der Waals surface area contributed by atoms with E-state index >= 15 is 0 Å². The summed E-state index contributed by atoms with van der Waals surface area (Å²) in [5.41, 5.74) is 2.62. The van der Waals surface area contributed by atoms with Gasteiger partial charge in [-0.1, -0.05) is 0 Å². The van der Waals surface area contributed by atoms with Crippen molar-refractivity contribution in [2.45, 2.75) is 45.2 Å². The second-order valence-corrected chi connectivity index (χ2v) is 8.18. The minimum Gasteiger partial charge on any atom is -0.343 e. The van der Waals surface area contributed by atoms with E-state index in [1.165, 1.54) is 0 Å². The van der Waals surface area contributed by atoms with Crippen molar-refractivity contribution in [1.82, 2.24) is 19.7 Å². The third kappa shape index (κ3) is 3.69. The average molecular weight is 442 g/mol. The molecule has 5 rings (SSSR count). The third-order valence-electron chi connectivity index (χ3n) is 5.91. The normalized spacial score (nSPS) is 17.3. The van der Waals surface area contributed by atoms with Gasteiger partial charge in [0, 0.05) is 19.2 Å². The predicted octanol–water partition coefficient (Wildman–Crippen LogP) is 3.15. The van der Waals surface area contributed by atoms with E-state index in [-0.39, 0.29) is 24.1 Å². The summed E-state index contributed by atoms with van der Waals surface area (Å²) in [5, 5.41) is 7.17. The molecule has 1 aromatic carbocycles. The van der Waals surface area contributed by atoms with Gasteiger partial charge in [0.2, 0.25) is 5.91 Å². The summed E-state index contributed by atoms with van der Waals surface area (Å²) in [4.78, 5) is 23.6. The number of benzene rings is 1. The lowest BCUT2D eigenvalue weighted by Crippen LogP contribution is -2.45. The first-order valence-electron chi connectivity index (χ1n) is 10.5. The van der Waals surface area contributed by atoms with Crippen LogP contribution in [0.15, 0.2) is 24.5 Å². The van der Waals surface area contributed by atoms with Crippen LogP contribution in [0, 0.1) is 24.4 Å². The van der Waals surface area contributed by atoms with Crippen LogP contribution < -0.4 is 10.2 Å². The summed E-state index contributed by atoms with van der Waals surface area (Å²) in [6.45, 7) is 2.79. The zero-order valence-corrected chi connectivity index (χ0v) is 17.4. The number of amides is 1. The number of aryl methyl sites for hydroxylation is 3. The molecule has 166 valence electrons. The molecule has 0 aliphatic carbocycles. The van der Waals surface area contributed by atoms with E-state index < -0.39 is 17.5 Å². The van der Waals surface area contributed by atoms with Crippen LogP contribution >= 0.6 is 0 Å². The quantitative estimate of drug-likeness (QED) is 0.615. The maximum absolute atomic E-state index is 13.4. The van der Waals surface area contributed by atoms with Crippen molar-refractivity contribution in [3.05, 3.63) is 64.6 Å². The van der Waals surface area contributed by atoms with Gasteiger partial charge in [0.05, 0.1) is 18.4 Å². The average Bonchev–Trinajstić information content (AvgIpc) is 3.42. The second-order valence-electron chi connectivity index (χ2n) is 8.18. The van der Waals surface area contributed by atoms with Crippen molar-refractivity contribution < 1.29 is 18.0 Å². The number of aromatic nitrogens is 4. The first-order valence-corrected chi connectivity index (χ1v) is 10.5. The van der Waals surface area contributed by atoms with Crippen LogP contribution in [0.3, 0.4) is 0 Å². The number of hydrogen-bond acceptors (Lipinski definition) is 5. The standard InChI is InChI=1S/C22H21F3N6O/c1-12-20-21(31-6-2-3-17(31)22(32)29-20)28-18(27-12)5-4-13-9-26-30(10-13)11-14-7-15(23)19(25)16(24)8-14/h7-10,17H,2-6,11H2,1H3,(H,29,32)/t17-/m0/s1. The Morgan fingerprint density at radius 3 is 2.69 bits per heavy atom. The second kappa shape index (κ2) is 7.92. The topological polar surface area (TPSA) is 75.9 Å². The Balaban J connectivity index is 1.29. The van der Waals surface area contributed by atoms with Gasteiger partial charge in [-0.15, -0.1) is 0 Å². The largest absolute Gasteiger partial charge is 0.343 e. The number of carbonyl (C=O) groups is 1. The molecule has 4 heterocycles. The molecule has 2 aliphatic heterocycles. The molecule has 1 saturated heterocycles. The Labute approximate surface area is 182 Å². The van der Waals surface area contributed by atoms with Gasteiger partial charge in [0.15, 0.2) is 23.3 Å². The fourth-order valence-corrected chi connectivity index (χ4v) is 4.34. The molecule has 1 atom stereocenters. The van der Waals surface area contributed by atoms with E-state index in [0.29, 0.717) is 24.4 Å². The molecular weight excluding hydrogens is 421 g/mol. The smallest absolute Gasteiger partial charge is 0.247 e. The fourth-order valence-electron chi connectivity index (χ4n) is 4.34. The van der Waals surface area contributed by atoms with Gasteiger partial charge >= 0.3 is 0 Å². The zero-order chi connectivity index (χ0) is 22.4. The maximum atomic E-state index is 13.4. The van der Waals surface area contributed by atoms with E-state index in [9.17, 15) is 18.0 Å². The molecule has 2 aromatic heterocycles. The number of fused-ring (bicyclic) bond motifs is 3. The van der Waals surface area contributed by atoms with Crippen LogP contribution in [0.25, 0.3) is 0 Å². The first-order chi connectivity index (χ1) is 15.4. The molecule has 1 N–H and O–H groups in total. The summed E-state index contributed by atoms with van der Waals surface area (Å²) in [6.07, 6.45) is 6.44. The van der Waals surface area contributed by atoms with Crippen LogP contribution in [0.4, 0.5) is 24.7 Å². The van der Waals surface area contributed by atoms with Gasteiger partial charge in [-0.3, -0.25) is 9.48 Å². The van der Waals surface area contributed by atoms with E-state index in [1.807, 2.05) is 6.92 Å². The lowest BCUT2D eigenvalue weighted by Gasteiger charge is -2.32. The Hall–Kier alpha value is -3.43. The number of nitrogens with zero attached hydrogens (tertiary/aromatic N) is 5. The highest BCUT2D eigenvalue weighted by Crippen LogP contribution is 2.36. The molecule has 7 nitrogen and oxygen atoms in total. The molecule has 0 bridgehead atoms. The lowest BCUT2D eigenvalue weighted by molar-refractivity contribution is -0.117. The van der Waals surface area contributed by atoms with Gasteiger partial charge in [0.25, 0.3) is 0 Å². The van der Waals surface area contributed by atoms with Gasteiger partial charge in [-0.25, -0.2) is 23.1 Å². The van der Waals surface area contributed by atoms with Gasteiger partial charge in [-0.05, 0) is 49.4 Å². The summed E-state index contributed by atoms with van der Waals surface area (Å²) in [7, 11) is 0. The zero-order valence-electron chi connectivity index (χ0n) is 17.4. The maximum Gasteiger partial charge on any atom is 0.247 e. The Bertz CT molecular complexity index is 1190. The highest BCUT2D eigenvalue weighted by atomic mass is 19.2. The van der Waals surface area contributed by atoms with E-state index in [2.05, 4.69) is 20.3 Å². The van der Waals surface area contributed by atoms with Gasteiger partial charge < -0.3 is 10.2 Å². The molecule has 2 aliphatic rings. The number of rotatable bonds is 5. The van der Waals surface area contributed by atoms with Gasteiger partial charge in [0.1, 0.15) is 17.6 Å². The number of anilines is 2. The number of hydrogen-bond donors (Lipinski definition) is 1. The van der Waals surface area contributed by atoms with Crippen LogP contribution in [0.2, 0.25) is 0 Å². The summed E-state index contributed by atoms with van der Waals surface area (Å²) in [5.74, 6) is -2.45. The molecular formula is C22H21F3N6O. The number of carbonyl (C=O) groups excluding carboxylic acids is 1. The Kier molecular flexibility index (Phi) is 5.07. The summed E-state index contributed by atoms with van der Waals surface area (Å²) in [6, 6.07) is 1.77. The summed E-state index contributed by atoms with van der Waals surface area (Å²) < 4.78 is 41.5. The van der Waals surface area contributed by atoms with Crippen molar-refractivity contribution in [3.8, 4) is 0 Å². The van der Waals surface area contributed by atoms with E-state index in [0.717, 1.165) is 48.6 Å². The van der Waals surface area contributed by atoms with E-state index in [4.69, 9.17) is 4.98 Å². The fraction of sp³-hybridized carbons (Fsp3) is 0.364. The minimum atomic E-state index is -1.48. The van der Waals surface area contributed by atoms with Crippen molar-refractivity contribution in [2.75, 3.05) is 16.8 Å². The summed E-state index contributed by atoms with van der Waals surface area (Å²) >= 11 is 0. The van der Waals surface area contributed by atoms with E-state index in [1.54, 1.807) is 17.1 Å². The molecule has 0 saturated carbocycles. The number of halogens is 3. The first kappa shape index (κ1) is 20.5. The number of nitrogens with one attached hydrogen (secondary N) is 1.